The number of thiocarbonyl (C=S) groups is 1. The van der Waals surface area contributed by atoms with Crippen molar-refractivity contribution < 1.29 is 9.59 Å². The molecule has 0 aromatic heterocycles. The average molecular weight is 251 g/mol. The Morgan fingerprint density at radius 3 is 2.62 bits per heavy atom. The molecule has 0 saturated carbocycles. The van der Waals surface area contributed by atoms with Gasteiger partial charge in [-0.05, 0) is 12.1 Å². The van der Waals surface area contributed by atoms with Gasteiger partial charge in [0.1, 0.15) is 4.32 Å². The SMILES string of the molecule is O=C1CCSC(=S)N1C(=O)c1ccccc1. The van der Waals surface area contributed by atoms with Gasteiger partial charge in [0.2, 0.25) is 5.91 Å². The van der Waals surface area contributed by atoms with E-state index in [2.05, 4.69) is 0 Å². The smallest absolute Gasteiger partial charge is 0.266 e. The summed E-state index contributed by atoms with van der Waals surface area (Å²) in [6.07, 6.45) is 0.364. The standard InChI is InChI=1S/C11H9NO2S2/c13-9-6-7-16-11(15)12(9)10(14)8-4-2-1-3-5-8/h1-5H,6-7H2. The molecule has 1 aliphatic rings. The van der Waals surface area contributed by atoms with Gasteiger partial charge in [-0.15, -0.1) is 0 Å². The van der Waals surface area contributed by atoms with Crippen LogP contribution in [0.15, 0.2) is 30.3 Å². The van der Waals surface area contributed by atoms with Crippen molar-refractivity contribution in [2.45, 2.75) is 6.42 Å². The Labute approximate surface area is 103 Å². The van der Waals surface area contributed by atoms with E-state index in [0.717, 1.165) is 4.90 Å². The summed E-state index contributed by atoms with van der Waals surface area (Å²) in [7, 11) is 0. The third kappa shape index (κ3) is 2.15. The molecule has 1 aromatic carbocycles. The first kappa shape index (κ1) is 11.3. The minimum Gasteiger partial charge on any atom is -0.274 e. The van der Waals surface area contributed by atoms with Gasteiger partial charge in [0.05, 0.1) is 0 Å². The number of carbonyl (C=O) groups is 2. The average Bonchev–Trinajstić information content (AvgIpc) is 2.30. The molecule has 0 radical (unpaired) electrons. The highest BCUT2D eigenvalue weighted by Gasteiger charge is 2.30. The quantitative estimate of drug-likeness (QED) is 0.565. The summed E-state index contributed by atoms with van der Waals surface area (Å²) in [6, 6.07) is 8.70. The maximum Gasteiger partial charge on any atom is 0.266 e. The van der Waals surface area contributed by atoms with Crippen molar-refractivity contribution in [2.75, 3.05) is 5.75 Å². The zero-order chi connectivity index (χ0) is 11.5. The maximum absolute atomic E-state index is 12.0. The molecule has 0 aliphatic carbocycles. The number of nitrogens with zero attached hydrogens (tertiary/aromatic N) is 1. The summed E-state index contributed by atoms with van der Waals surface area (Å²) in [5.41, 5.74) is 0.487. The predicted octanol–water partition coefficient (Wildman–Crippen LogP) is 2.08. The van der Waals surface area contributed by atoms with Gasteiger partial charge < -0.3 is 0 Å². The van der Waals surface area contributed by atoms with E-state index in [0.29, 0.717) is 22.1 Å². The summed E-state index contributed by atoms with van der Waals surface area (Å²) in [5, 5.41) is 0. The largest absolute Gasteiger partial charge is 0.274 e. The maximum atomic E-state index is 12.0. The van der Waals surface area contributed by atoms with E-state index >= 15 is 0 Å². The molecule has 5 heteroatoms. The molecular weight excluding hydrogens is 242 g/mol. The minimum atomic E-state index is -0.331. The molecule has 3 nitrogen and oxygen atoms in total. The Bertz CT molecular complexity index is 429. The fraction of sp³-hybridized carbons (Fsp3) is 0.182. The molecule has 1 saturated heterocycles. The number of rotatable bonds is 1. The van der Waals surface area contributed by atoms with Crippen molar-refractivity contribution in [3.05, 3.63) is 35.9 Å². The Hall–Kier alpha value is -1.20. The van der Waals surface area contributed by atoms with Gasteiger partial charge in [-0.1, -0.05) is 42.2 Å². The number of hydrogen-bond donors (Lipinski definition) is 0. The van der Waals surface area contributed by atoms with Crippen LogP contribution in [0.2, 0.25) is 0 Å². The topological polar surface area (TPSA) is 37.4 Å². The second kappa shape index (κ2) is 4.76. The van der Waals surface area contributed by atoms with Crippen LogP contribution in [0.3, 0.4) is 0 Å². The summed E-state index contributed by atoms with van der Waals surface area (Å²) >= 11 is 6.40. The summed E-state index contributed by atoms with van der Waals surface area (Å²) in [5.74, 6) is 0.122. The molecule has 2 amide bonds. The van der Waals surface area contributed by atoms with Crippen LogP contribution in [0, 0.1) is 0 Å². The Morgan fingerprint density at radius 1 is 1.31 bits per heavy atom. The third-order valence-corrected chi connectivity index (χ3v) is 3.57. The van der Waals surface area contributed by atoms with E-state index < -0.39 is 0 Å². The number of thioether (sulfide) groups is 1. The van der Waals surface area contributed by atoms with E-state index in [4.69, 9.17) is 12.2 Å². The molecule has 1 aromatic rings. The zero-order valence-corrected chi connectivity index (χ0v) is 10.0. The van der Waals surface area contributed by atoms with Crippen LogP contribution >= 0.6 is 24.0 Å². The Balaban J connectivity index is 2.27. The highest BCUT2D eigenvalue weighted by atomic mass is 32.2. The molecule has 1 aliphatic heterocycles. The van der Waals surface area contributed by atoms with Crippen molar-refractivity contribution in [3.8, 4) is 0 Å². The number of amides is 2. The molecule has 0 unspecified atom stereocenters. The molecule has 0 N–H and O–H groups in total. The summed E-state index contributed by atoms with van der Waals surface area (Å²) in [6.45, 7) is 0. The number of carbonyl (C=O) groups excluding carboxylic acids is 2. The Kier molecular flexibility index (Phi) is 3.36. The normalized spacial score (nSPS) is 16.4. The first-order valence-electron chi connectivity index (χ1n) is 4.79. The molecule has 1 heterocycles. The lowest BCUT2D eigenvalue weighted by molar-refractivity contribution is -0.125. The molecule has 0 bridgehead atoms. The number of imide groups is 1. The highest BCUT2D eigenvalue weighted by molar-refractivity contribution is 8.23. The van der Waals surface area contributed by atoms with E-state index in [-0.39, 0.29) is 11.8 Å². The molecule has 16 heavy (non-hydrogen) atoms. The van der Waals surface area contributed by atoms with Gasteiger partial charge in [-0.25, -0.2) is 4.90 Å². The molecule has 2 rings (SSSR count). The van der Waals surface area contributed by atoms with Crippen LogP contribution in [0.5, 0.6) is 0 Å². The second-order valence-corrected chi connectivity index (χ2v) is 4.99. The van der Waals surface area contributed by atoms with Crippen molar-refractivity contribution in [3.63, 3.8) is 0 Å². The van der Waals surface area contributed by atoms with Gasteiger partial charge in [0.15, 0.2) is 0 Å². The first-order chi connectivity index (χ1) is 7.70. The molecular formula is C11H9NO2S2. The van der Waals surface area contributed by atoms with Gasteiger partial charge in [-0.2, -0.15) is 0 Å². The predicted molar refractivity (Wildman–Crippen MR) is 67.3 cm³/mol. The lowest BCUT2D eigenvalue weighted by Gasteiger charge is -2.24. The molecule has 1 fully saturated rings. The molecule has 0 atom stereocenters. The lowest BCUT2D eigenvalue weighted by Crippen LogP contribution is -2.42. The lowest BCUT2D eigenvalue weighted by atomic mass is 10.2. The van der Waals surface area contributed by atoms with E-state index in [1.807, 2.05) is 6.07 Å². The van der Waals surface area contributed by atoms with Crippen LogP contribution in [0.4, 0.5) is 0 Å². The van der Waals surface area contributed by atoms with Crippen molar-refractivity contribution >= 4 is 40.1 Å². The first-order valence-corrected chi connectivity index (χ1v) is 6.18. The monoisotopic (exact) mass is 251 g/mol. The van der Waals surface area contributed by atoms with Crippen LogP contribution in [0.25, 0.3) is 0 Å². The van der Waals surface area contributed by atoms with Crippen molar-refractivity contribution in [2.24, 2.45) is 0 Å². The van der Waals surface area contributed by atoms with E-state index in [1.165, 1.54) is 11.8 Å². The Morgan fingerprint density at radius 2 is 2.00 bits per heavy atom. The zero-order valence-electron chi connectivity index (χ0n) is 8.38. The van der Waals surface area contributed by atoms with Gasteiger partial charge in [-0.3, -0.25) is 9.59 Å². The summed E-state index contributed by atoms with van der Waals surface area (Å²) in [4.78, 5) is 24.7. The fourth-order valence-electron chi connectivity index (χ4n) is 1.41. The molecule has 0 spiro atoms. The van der Waals surface area contributed by atoms with Gasteiger partial charge in [0, 0.05) is 17.7 Å². The van der Waals surface area contributed by atoms with Crippen LogP contribution in [-0.4, -0.2) is 26.8 Å². The van der Waals surface area contributed by atoms with Crippen molar-refractivity contribution in [1.82, 2.24) is 4.90 Å². The summed E-state index contributed by atoms with van der Waals surface area (Å²) < 4.78 is 0.352. The van der Waals surface area contributed by atoms with E-state index in [9.17, 15) is 9.59 Å². The highest BCUT2D eigenvalue weighted by Crippen LogP contribution is 2.21. The van der Waals surface area contributed by atoms with Crippen LogP contribution in [-0.2, 0) is 4.79 Å². The van der Waals surface area contributed by atoms with E-state index in [1.54, 1.807) is 24.3 Å². The van der Waals surface area contributed by atoms with Crippen molar-refractivity contribution in [1.29, 1.82) is 0 Å². The minimum absolute atomic E-state index is 0.211. The molecule has 82 valence electrons. The third-order valence-electron chi connectivity index (χ3n) is 2.20. The second-order valence-electron chi connectivity index (χ2n) is 3.26. The number of benzene rings is 1. The van der Waals surface area contributed by atoms with Gasteiger partial charge in [0.25, 0.3) is 5.91 Å². The van der Waals surface area contributed by atoms with Crippen LogP contribution < -0.4 is 0 Å². The fourth-order valence-corrected chi connectivity index (χ4v) is 2.61. The van der Waals surface area contributed by atoms with Crippen LogP contribution in [0.1, 0.15) is 16.8 Å². The van der Waals surface area contributed by atoms with Gasteiger partial charge >= 0.3 is 0 Å². The number of hydrogen-bond acceptors (Lipinski definition) is 4.